The molecule has 23 heavy (non-hydrogen) atoms. The summed E-state index contributed by atoms with van der Waals surface area (Å²) in [5.74, 6) is -0.128. The molecule has 0 radical (unpaired) electrons. The summed E-state index contributed by atoms with van der Waals surface area (Å²) in [6.45, 7) is 5.44. The number of aromatic nitrogens is 1. The molecule has 0 aromatic carbocycles. The van der Waals surface area contributed by atoms with E-state index in [1.54, 1.807) is 0 Å². The second-order valence-corrected chi connectivity index (χ2v) is 7.49. The topological polar surface area (TPSA) is 72.4 Å². The van der Waals surface area contributed by atoms with Crippen LogP contribution in [0.25, 0.3) is 0 Å². The third-order valence-corrected chi connectivity index (χ3v) is 4.14. The van der Waals surface area contributed by atoms with Crippen LogP contribution in [0.15, 0.2) is 12.4 Å². The number of hydrogen-bond acceptors (Lipinski definition) is 3. The van der Waals surface area contributed by atoms with E-state index in [-0.39, 0.29) is 11.9 Å². The Morgan fingerprint density at radius 1 is 1.17 bits per heavy atom. The van der Waals surface area contributed by atoms with E-state index in [1.807, 2.05) is 37.7 Å². The number of carbonyl (C=O) groups excluding carboxylic acids is 2. The maximum Gasteiger partial charge on any atom is 0.412 e. The molecular formula is C17H25N3O3. The maximum absolute atomic E-state index is 12.4. The summed E-state index contributed by atoms with van der Waals surface area (Å²) >= 11 is 0. The Morgan fingerprint density at radius 2 is 1.87 bits per heavy atom. The highest BCUT2D eigenvalue weighted by molar-refractivity contribution is 6.02. The van der Waals surface area contributed by atoms with E-state index in [0.717, 1.165) is 25.7 Å². The SMILES string of the molecule is CC(C)(C)OC(=O)Nc1cn(C2CCC2)cc1C(=O)NC1CC1. The van der Waals surface area contributed by atoms with Crippen LogP contribution in [0.4, 0.5) is 10.5 Å². The highest BCUT2D eigenvalue weighted by atomic mass is 16.6. The Bertz CT molecular complexity index is 607. The predicted octanol–water partition coefficient (Wildman–Crippen LogP) is 3.45. The van der Waals surface area contributed by atoms with Crippen LogP contribution in [-0.4, -0.2) is 28.2 Å². The first-order chi connectivity index (χ1) is 10.8. The molecule has 1 heterocycles. The molecule has 3 rings (SSSR count). The molecule has 2 amide bonds. The summed E-state index contributed by atoms with van der Waals surface area (Å²) in [6.07, 6.45) is 8.65. The summed E-state index contributed by atoms with van der Waals surface area (Å²) in [6, 6.07) is 0.709. The van der Waals surface area contributed by atoms with E-state index in [4.69, 9.17) is 4.74 Å². The Hall–Kier alpha value is -1.98. The van der Waals surface area contributed by atoms with Gasteiger partial charge in [0.25, 0.3) is 5.91 Å². The minimum atomic E-state index is -0.572. The van der Waals surface area contributed by atoms with Gasteiger partial charge in [0.05, 0.1) is 11.3 Å². The zero-order valence-electron chi connectivity index (χ0n) is 14.0. The largest absolute Gasteiger partial charge is 0.444 e. The standard InChI is InChI=1S/C17H25N3O3/c1-17(2,3)23-16(22)19-14-10-20(12-5-4-6-12)9-13(14)15(21)18-11-7-8-11/h9-12H,4-8H2,1-3H3,(H,18,21)(H,19,22). The number of hydrogen-bond donors (Lipinski definition) is 2. The van der Waals surface area contributed by atoms with Crippen molar-refractivity contribution in [1.82, 2.24) is 9.88 Å². The fourth-order valence-electron chi connectivity index (χ4n) is 2.56. The second-order valence-electron chi connectivity index (χ2n) is 7.49. The first-order valence-corrected chi connectivity index (χ1v) is 8.34. The van der Waals surface area contributed by atoms with Crippen LogP contribution in [0.1, 0.15) is 69.3 Å². The number of carbonyl (C=O) groups is 2. The number of rotatable bonds is 4. The summed E-state index contributed by atoms with van der Waals surface area (Å²) in [4.78, 5) is 24.4. The molecule has 0 aliphatic heterocycles. The normalized spacial score (nSPS) is 18.2. The van der Waals surface area contributed by atoms with E-state index < -0.39 is 11.7 Å². The van der Waals surface area contributed by atoms with Gasteiger partial charge in [0.1, 0.15) is 5.60 Å². The molecular weight excluding hydrogens is 294 g/mol. The lowest BCUT2D eigenvalue weighted by molar-refractivity contribution is 0.0636. The van der Waals surface area contributed by atoms with Crippen molar-refractivity contribution in [3.8, 4) is 0 Å². The van der Waals surface area contributed by atoms with Crippen molar-refractivity contribution >= 4 is 17.7 Å². The summed E-state index contributed by atoms with van der Waals surface area (Å²) in [5.41, 5.74) is 0.454. The quantitative estimate of drug-likeness (QED) is 0.893. The molecule has 6 heteroatoms. The van der Waals surface area contributed by atoms with Crippen molar-refractivity contribution in [1.29, 1.82) is 0 Å². The van der Waals surface area contributed by atoms with Crippen molar-refractivity contribution in [2.24, 2.45) is 0 Å². The van der Waals surface area contributed by atoms with Gasteiger partial charge >= 0.3 is 6.09 Å². The van der Waals surface area contributed by atoms with E-state index in [1.165, 1.54) is 6.42 Å². The average molecular weight is 319 g/mol. The van der Waals surface area contributed by atoms with Crippen molar-refractivity contribution in [3.63, 3.8) is 0 Å². The van der Waals surface area contributed by atoms with Gasteiger partial charge in [-0.1, -0.05) is 0 Å². The fraction of sp³-hybridized carbons (Fsp3) is 0.647. The van der Waals surface area contributed by atoms with Gasteiger partial charge in [-0.05, 0) is 52.9 Å². The minimum Gasteiger partial charge on any atom is -0.444 e. The van der Waals surface area contributed by atoms with Crippen molar-refractivity contribution in [2.45, 2.75) is 70.6 Å². The zero-order chi connectivity index (χ0) is 16.6. The lowest BCUT2D eigenvalue weighted by atomic mass is 9.93. The third kappa shape index (κ3) is 4.06. The summed E-state index contributed by atoms with van der Waals surface area (Å²) in [5, 5.41) is 5.70. The molecule has 2 aliphatic carbocycles. The van der Waals surface area contributed by atoms with Crippen LogP contribution in [0.2, 0.25) is 0 Å². The van der Waals surface area contributed by atoms with E-state index in [9.17, 15) is 9.59 Å². The molecule has 126 valence electrons. The van der Waals surface area contributed by atoms with E-state index in [0.29, 0.717) is 17.3 Å². The van der Waals surface area contributed by atoms with Crippen LogP contribution < -0.4 is 10.6 Å². The second kappa shape index (κ2) is 5.91. The van der Waals surface area contributed by atoms with Gasteiger partial charge in [0, 0.05) is 24.5 Å². The summed E-state index contributed by atoms with van der Waals surface area (Å²) in [7, 11) is 0. The maximum atomic E-state index is 12.4. The average Bonchev–Trinajstić information content (AvgIpc) is 3.05. The Labute approximate surface area is 136 Å². The Balaban J connectivity index is 1.76. The smallest absolute Gasteiger partial charge is 0.412 e. The number of nitrogens with one attached hydrogen (secondary N) is 2. The molecule has 2 saturated carbocycles. The summed E-state index contributed by atoms with van der Waals surface area (Å²) < 4.78 is 7.33. The predicted molar refractivity (Wildman–Crippen MR) is 87.7 cm³/mol. The molecule has 0 spiro atoms. The van der Waals surface area contributed by atoms with Gasteiger partial charge in [0.15, 0.2) is 0 Å². The van der Waals surface area contributed by atoms with Crippen LogP contribution in [0, 0.1) is 0 Å². The molecule has 0 saturated heterocycles. The van der Waals surface area contributed by atoms with Gasteiger partial charge in [0.2, 0.25) is 0 Å². The molecule has 0 bridgehead atoms. The van der Waals surface area contributed by atoms with E-state index >= 15 is 0 Å². The minimum absolute atomic E-state index is 0.128. The molecule has 2 N–H and O–H groups in total. The van der Waals surface area contributed by atoms with Gasteiger partial charge in [-0.2, -0.15) is 0 Å². The molecule has 2 aliphatic rings. The van der Waals surface area contributed by atoms with E-state index in [2.05, 4.69) is 10.6 Å². The molecule has 2 fully saturated rings. The first kappa shape index (κ1) is 15.9. The van der Waals surface area contributed by atoms with Crippen molar-refractivity contribution in [3.05, 3.63) is 18.0 Å². The van der Waals surface area contributed by atoms with Gasteiger partial charge in [-0.3, -0.25) is 10.1 Å². The van der Waals surface area contributed by atoms with Crippen LogP contribution in [0.5, 0.6) is 0 Å². The molecule has 0 atom stereocenters. The number of nitrogens with zero attached hydrogens (tertiary/aromatic N) is 1. The van der Waals surface area contributed by atoms with Crippen molar-refractivity contribution < 1.29 is 14.3 Å². The molecule has 1 aromatic heterocycles. The van der Waals surface area contributed by atoms with Crippen LogP contribution in [-0.2, 0) is 4.74 Å². The molecule has 1 aromatic rings. The highest BCUT2D eigenvalue weighted by Gasteiger charge is 2.28. The lowest BCUT2D eigenvalue weighted by Gasteiger charge is -2.26. The molecule has 6 nitrogen and oxygen atoms in total. The monoisotopic (exact) mass is 319 g/mol. The molecule has 0 unspecified atom stereocenters. The Kier molecular flexibility index (Phi) is 4.08. The lowest BCUT2D eigenvalue weighted by Crippen LogP contribution is -2.29. The van der Waals surface area contributed by atoms with Crippen LogP contribution in [0.3, 0.4) is 0 Å². The number of ether oxygens (including phenoxy) is 1. The third-order valence-electron chi connectivity index (χ3n) is 4.14. The van der Waals surface area contributed by atoms with Gasteiger partial charge in [-0.15, -0.1) is 0 Å². The fourth-order valence-corrected chi connectivity index (χ4v) is 2.56. The number of anilines is 1. The van der Waals surface area contributed by atoms with Crippen LogP contribution >= 0.6 is 0 Å². The highest BCUT2D eigenvalue weighted by Crippen LogP contribution is 2.34. The van der Waals surface area contributed by atoms with Gasteiger partial charge < -0.3 is 14.6 Å². The van der Waals surface area contributed by atoms with Gasteiger partial charge in [-0.25, -0.2) is 4.79 Å². The van der Waals surface area contributed by atoms with Crippen molar-refractivity contribution in [2.75, 3.05) is 5.32 Å². The number of amides is 2. The zero-order valence-corrected chi connectivity index (χ0v) is 14.0. The Morgan fingerprint density at radius 3 is 2.39 bits per heavy atom. The first-order valence-electron chi connectivity index (χ1n) is 8.34.